The molecular weight excluding hydrogens is 424 g/mol. The molecule has 170 valence electrons. The first kappa shape index (κ1) is 20.5. The molecular formula is C23H30N6O2S. The van der Waals surface area contributed by atoms with E-state index in [0.29, 0.717) is 23.4 Å². The van der Waals surface area contributed by atoms with Crippen LogP contribution in [0.5, 0.6) is 0 Å². The van der Waals surface area contributed by atoms with Gasteiger partial charge >= 0.3 is 0 Å². The first-order chi connectivity index (χ1) is 15.6. The third-order valence-electron chi connectivity index (χ3n) is 7.64. The van der Waals surface area contributed by atoms with E-state index in [1.165, 1.54) is 11.3 Å². The van der Waals surface area contributed by atoms with E-state index in [2.05, 4.69) is 15.2 Å². The fraction of sp³-hybridized carbons (Fsp3) is 0.652. The van der Waals surface area contributed by atoms with Crippen LogP contribution in [-0.4, -0.2) is 60.2 Å². The molecule has 2 aliphatic heterocycles. The van der Waals surface area contributed by atoms with E-state index in [9.17, 15) is 9.32 Å². The number of fused-ring (bicyclic) bond motifs is 2. The molecule has 6 rings (SSSR count). The van der Waals surface area contributed by atoms with Crippen LogP contribution in [0.1, 0.15) is 67.2 Å². The summed E-state index contributed by atoms with van der Waals surface area (Å²) in [6.45, 7) is 1.79. The maximum absolute atomic E-state index is 12.8. The van der Waals surface area contributed by atoms with Crippen molar-refractivity contribution < 1.29 is 9.32 Å². The quantitative estimate of drug-likeness (QED) is 0.708. The number of hydrogen-bond donors (Lipinski definition) is 2. The molecule has 0 radical (unpaired) electrons. The summed E-state index contributed by atoms with van der Waals surface area (Å²) < 4.78 is 12.8. The van der Waals surface area contributed by atoms with Crippen molar-refractivity contribution >= 4 is 22.6 Å². The zero-order chi connectivity index (χ0) is 21.7. The standard InChI is InChI=1S/C23H30N6O2S/c30-14-23(8-2-9-23)28-21-19-18(3-1-12-32(19)31)26-22(27-21)29-10-6-15(7-11-29)20-24-13-16-4-5-17(16)25-20/h13,15,30H,1-12,14H2,(H,26,27,28). The van der Waals surface area contributed by atoms with Crippen molar-refractivity contribution in [2.45, 2.75) is 74.1 Å². The fourth-order valence-corrected chi connectivity index (χ4v) is 6.60. The molecule has 1 saturated carbocycles. The zero-order valence-electron chi connectivity index (χ0n) is 18.3. The largest absolute Gasteiger partial charge is 0.394 e. The van der Waals surface area contributed by atoms with E-state index in [4.69, 9.17) is 15.0 Å². The summed E-state index contributed by atoms with van der Waals surface area (Å²) >= 11 is 0. The van der Waals surface area contributed by atoms with Crippen molar-refractivity contribution in [3.63, 3.8) is 0 Å². The number of aryl methyl sites for hydroxylation is 3. The van der Waals surface area contributed by atoms with Gasteiger partial charge in [0.25, 0.3) is 0 Å². The summed E-state index contributed by atoms with van der Waals surface area (Å²) in [5.41, 5.74) is 3.11. The lowest BCUT2D eigenvalue weighted by atomic mass is 9.77. The maximum Gasteiger partial charge on any atom is 0.227 e. The minimum Gasteiger partial charge on any atom is -0.394 e. The van der Waals surface area contributed by atoms with E-state index in [1.54, 1.807) is 0 Å². The molecule has 8 nitrogen and oxygen atoms in total. The summed E-state index contributed by atoms with van der Waals surface area (Å²) in [4.78, 5) is 22.2. The van der Waals surface area contributed by atoms with Gasteiger partial charge in [0.15, 0.2) is 0 Å². The molecule has 0 bridgehead atoms. The van der Waals surface area contributed by atoms with Gasteiger partial charge in [0.05, 0.1) is 28.6 Å². The van der Waals surface area contributed by atoms with Crippen LogP contribution in [0, 0.1) is 0 Å². The number of piperidine rings is 1. The van der Waals surface area contributed by atoms with Gasteiger partial charge in [0.2, 0.25) is 5.95 Å². The molecule has 2 aliphatic carbocycles. The first-order valence-corrected chi connectivity index (χ1v) is 13.2. The molecule has 2 fully saturated rings. The Morgan fingerprint density at radius 1 is 1.09 bits per heavy atom. The normalized spacial score (nSPS) is 24.2. The van der Waals surface area contributed by atoms with Crippen molar-refractivity contribution in [2.75, 3.05) is 35.7 Å². The second kappa shape index (κ2) is 8.02. The summed E-state index contributed by atoms with van der Waals surface area (Å²) in [5.74, 6) is 3.41. The fourth-order valence-electron chi connectivity index (χ4n) is 5.26. The van der Waals surface area contributed by atoms with Crippen LogP contribution >= 0.6 is 0 Å². The third kappa shape index (κ3) is 3.50. The molecule has 32 heavy (non-hydrogen) atoms. The van der Waals surface area contributed by atoms with E-state index in [1.807, 2.05) is 6.20 Å². The highest BCUT2D eigenvalue weighted by molar-refractivity contribution is 7.85. The van der Waals surface area contributed by atoms with Gasteiger partial charge in [0.1, 0.15) is 16.5 Å². The number of hydrogen-bond acceptors (Lipinski definition) is 8. The molecule has 2 aromatic rings. The molecule has 1 unspecified atom stereocenters. The SMILES string of the molecule is O=S1CCCc2nc(N3CCC(c4ncc5c(n4)CC5)CC3)nc(NC3(CO)CCC3)c21. The van der Waals surface area contributed by atoms with E-state index < -0.39 is 10.8 Å². The Morgan fingerprint density at radius 3 is 2.59 bits per heavy atom. The lowest BCUT2D eigenvalue weighted by Crippen LogP contribution is -2.49. The van der Waals surface area contributed by atoms with Crippen molar-refractivity contribution in [2.24, 2.45) is 0 Å². The topological polar surface area (TPSA) is 104 Å². The summed E-state index contributed by atoms with van der Waals surface area (Å²) in [7, 11) is -1.09. The predicted octanol–water partition coefficient (Wildman–Crippen LogP) is 2.13. The lowest BCUT2D eigenvalue weighted by molar-refractivity contribution is 0.143. The number of aliphatic hydroxyl groups excluding tert-OH is 1. The average molecular weight is 455 g/mol. The summed E-state index contributed by atoms with van der Waals surface area (Å²) in [6, 6.07) is 0. The highest BCUT2D eigenvalue weighted by Gasteiger charge is 2.39. The molecule has 1 atom stereocenters. The van der Waals surface area contributed by atoms with Crippen molar-refractivity contribution in [3.05, 3.63) is 29.0 Å². The minimum atomic E-state index is -1.09. The first-order valence-electron chi connectivity index (χ1n) is 11.9. The van der Waals surface area contributed by atoms with Crippen LogP contribution in [0.25, 0.3) is 0 Å². The number of aromatic nitrogens is 4. The average Bonchev–Trinajstić information content (AvgIpc) is 2.77. The van der Waals surface area contributed by atoms with Crippen molar-refractivity contribution in [3.8, 4) is 0 Å². The molecule has 4 aliphatic rings. The predicted molar refractivity (Wildman–Crippen MR) is 123 cm³/mol. The molecule has 2 N–H and O–H groups in total. The molecule has 0 amide bonds. The maximum atomic E-state index is 12.8. The molecule has 1 saturated heterocycles. The van der Waals surface area contributed by atoms with Gasteiger partial charge in [-0.25, -0.2) is 15.0 Å². The molecule has 0 aromatic carbocycles. The second-order valence-corrected chi connectivity index (χ2v) is 11.2. The summed E-state index contributed by atoms with van der Waals surface area (Å²) in [6.07, 6.45) is 10.8. The van der Waals surface area contributed by atoms with Gasteiger partial charge in [0, 0.05) is 36.7 Å². The Hall–Kier alpha value is -2.13. The third-order valence-corrected chi connectivity index (χ3v) is 9.18. The Kier molecular flexibility index (Phi) is 5.13. The van der Waals surface area contributed by atoms with Crippen LogP contribution in [0.4, 0.5) is 11.8 Å². The Morgan fingerprint density at radius 2 is 1.94 bits per heavy atom. The van der Waals surface area contributed by atoms with Crippen molar-refractivity contribution in [1.82, 2.24) is 19.9 Å². The Balaban J connectivity index is 1.24. The molecule has 9 heteroatoms. The Labute approximate surface area is 190 Å². The van der Waals surface area contributed by atoms with Crippen LogP contribution in [0.15, 0.2) is 11.1 Å². The highest BCUT2D eigenvalue weighted by Crippen LogP contribution is 2.38. The Bertz CT molecular complexity index is 1060. The number of aliphatic hydroxyl groups is 1. The molecule has 0 spiro atoms. The number of nitrogens with one attached hydrogen (secondary N) is 1. The van der Waals surface area contributed by atoms with Crippen LogP contribution in [0.2, 0.25) is 0 Å². The summed E-state index contributed by atoms with van der Waals surface area (Å²) in [5, 5.41) is 13.5. The lowest BCUT2D eigenvalue weighted by Gasteiger charge is -2.42. The number of anilines is 2. The highest BCUT2D eigenvalue weighted by atomic mass is 32.2. The smallest absolute Gasteiger partial charge is 0.227 e. The molecule has 2 aromatic heterocycles. The van der Waals surface area contributed by atoms with Gasteiger partial charge < -0.3 is 15.3 Å². The second-order valence-electron chi connectivity index (χ2n) is 9.68. The van der Waals surface area contributed by atoms with Gasteiger partial charge in [-0.2, -0.15) is 4.98 Å². The van der Waals surface area contributed by atoms with Gasteiger partial charge in [-0.3, -0.25) is 4.21 Å². The van der Waals surface area contributed by atoms with Gasteiger partial charge in [-0.05, 0) is 63.4 Å². The molecule has 4 heterocycles. The van der Waals surface area contributed by atoms with E-state index in [0.717, 1.165) is 87.3 Å². The zero-order valence-corrected chi connectivity index (χ0v) is 19.2. The van der Waals surface area contributed by atoms with E-state index in [-0.39, 0.29) is 12.1 Å². The van der Waals surface area contributed by atoms with Crippen LogP contribution in [-0.2, 0) is 30.1 Å². The van der Waals surface area contributed by atoms with Crippen LogP contribution in [0.3, 0.4) is 0 Å². The number of nitrogens with zero attached hydrogens (tertiary/aromatic N) is 5. The van der Waals surface area contributed by atoms with Gasteiger partial charge in [-0.15, -0.1) is 0 Å². The van der Waals surface area contributed by atoms with Gasteiger partial charge in [-0.1, -0.05) is 0 Å². The monoisotopic (exact) mass is 454 g/mol. The number of rotatable bonds is 5. The van der Waals surface area contributed by atoms with Crippen molar-refractivity contribution in [1.29, 1.82) is 0 Å². The van der Waals surface area contributed by atoms with Crippen LogP contribution < -0.4 is 10.2 Å². The van der Waals surface area contributed by atoms with E-state index >= 15 is 0 Å². The minimum absolute atomic E-state index is 0.0694.